The summed E-state index contributed by atoms with van der Waals surface area (Å²) in [6, 6.07) is 0. The summed E-state index contributed by atoms with van der Waals surface area (Å²) in [5, 5.41) is 11.1. The summed E-state index contributed by atoms with van der Waals surface area (Å²) >= 11 is 0. The number of hydrogen-bond acceptors (Lipinski definition) is 6. The number of H-pyrrole nitrogens is 1. The first kappa shape index (κ1) is 11.4. The Bertz CT molecular complexity index is 507. The first-order valence-corrected chi connectivity index (χ1v) is 6.11. The van der Waals surface area contributed by atoms with Gasteiger partial charge in [0.15, 0.2) is 5.65 Å². The second-order valence-corrected chi connectivity index (χ2v) is 4.24. The fourth-order valence-corrected chi connectivity index (χ4v) is 2.06. The summed E-state index contributed by atoms with van der Waals surface area (Å²) in [4.78, 5) is 10.7. The van der Waals surface area contributed by atoms with Crippen LogP contribution in [0, 0.1) is 0 Å². The normalized spacial score (nSPS) is 17.1. The molecule has 96 valence electrons. The smallest absolute Gasteiger partial charge is 0.160 e. The summed E-state index contributed by atoms with van der Waals surface area (Å²) in [5.41, 5.74) is 0.763. The predicted octanol–water partition coefficient (Wildman–Crippen LogP) is 0.0970. The lowest BCUT2D eigenvalue weighted by Gasteiger charge is -2.26. The number of nitrogens with one attached hydrogen (secondary N) is 2. The molecule has 2 N–H and O–H groups in total. The molecule has 0 aliphatic carbocycles. The van der Waals surface area contributed by atoms with Crippen LogP contribution in [-0.4, -0.2) is 64.5 Å². The maximum atomic E-state index is 5.32. The number of aromatic amines is 1. The van der Waals surface area contributed by atoms with Crippen molar-refractivity contribution < 1.29 is 4.74 Å². The van der Waals surface area contributed by atoms with E-state index >= 15 is 0 Å². The molecular formula is C11H16N6O. The molecule has 3 rings (SSSR count). The van der Waals surface area contributed by atoms with Crippen molar-refractivity contribution in [1.82, 2.24) is 25.1 Å². The lowest BCUT2D eigenvalue weighted by Crippen LogP contribution is -2.39. The summed E-state index contributed by atoms with van der Waals surface area (Å²) in [7, 11) is 0. The molecule has 18 heavy (non-hydrogen) atoms. The van der Waals surface area contributed by atoms with E-state index in [0.717, 1.165) is 56.2 Å². The van der Waals surface area contributed by atoms with Crippen molar-refractivity contribution in [2.45, 2.75) is 0 Å². The van der Waals surface area contributed by atoms with Crippen molar-refractivity contribution in [3.05, 3.63) is 12.5 Å². The number of fused-ring (bicyclic) bond motifs is 1. The molecular weight excluding hydrogens is 232 g/mol. The maximum absolute atomic E-state index is 5.32. The van der Waals surface area contributed by atoms with Gasteiger partial charge in [0.05, 0.1) is 24.8 Å². The third-order valence-electron chi connectivity index (χ3n) is 3.07. The quantitative estimate of drug-likeness (QED) is 0.798. The molecule has 0 radical (unpaired) electrons. The van der Waals surface area contributed by atoms with Gasteiger partial charge in [-0.1, -0.05) is 0 Å². The van der Waals surface area contributed by atoms with E-state index in [1.165, 1.54) is 6.33 Å². The van der Waals surface area contributed by atoms with E-state index in [2.05, 4.69) is 30.4 Å². The molecule has 0 aromatic carbocycles. The topological polar surface area (TPSA) is 79.0 Å². The number of ether oxygens (including phenoxy) is 1. The van der Waals surface area contributed by atoms with Crippen LogP contribution in [0.5, 0.6) is 0 Å². The van der Waals surface area contributed by atoms with Gasteiger partial charge in [0, 0.05) is 26.2 Å². The highest BCUT2D eigenvalue weighted by molar-refractivity contribution is 5.85. The summed E-state index contributed by atoms with van der Waals surface area (Å²) in [6.07, 6.45) is 3.28. The average Bonchev–Trinajstić information content (AvgIpc) is 2.89. The number of nitrogens with zero attached hydrogens (tertiary/aromatic N) is 4. The number of aromatic nitrogens is 4. The average molecular weight is 248 g/mol. The Morgan fingerprint density at radius 1 is 1.33 bits per heavy atom. The predicted molar refractivity (Wildman–Crippen MR) is 67.4 cm³/mol. The van der Waals surface area contributed by atoms with Crippen molar-refractivity contribution in [2.75, 3.05) is 44.7 Å². The van der Waals surface area contributed by atoms with Gasteiger partial charge >= 0.3 is 0 Å². The van der Waals surface area contributed by atoms with E-state index in [0.29, 0.717) is 0 Å². The highest BCUT2D eigenvalue weighted by Gasteiger charge is 2.10. The zero-order valence-electron chi connectivity index (χ0n) is 10.1. The van der Waals surface area contributed by atoms with Gasteiger partial charge in [-0.05, 0) is 0 Å². The van der Waals surface area contributed by atoms with Crippen molar-refractivity contribution in [2.24, 2.45) is 0 Å². The van der Waals surface area contributed by atoms with Gasteiger partial charge in [-0.25, -0.2) is 9.97 Å². The van der Waals surface area contributed by atoms with Gasteiger partial charge in [-0.2, -0.15) is 5.10 Å². The van der Waals surface area contributed by atoms with Gasteiger partial charge < -0.3 is 10.1 Å². The molecule has 1 aliphatic rings. The van der Waals surface area contributed by atoms with Gasteiger partial charge in [0.2, 0.25) is 0 Å². The second-order valence-electron chi connectivity index (χ2n) is 4.24. The highest BCUT2D eigenvalue weighted by atomic mass is 16.5. The zero-order chi connectivity index (χ0) is 12.2. The van der Waals surface area contributed by atoms with Crippen molar-refractivity contribution in [1.29, 1.82) is 0 Å². The fourth-order valence-electron chi connectivity index (χ4n) is 2.06. The molecule has 3 heterocycles. The Morgan fingerprint density at radius 2 is 2.22 bits per heavy atom. The molecule has 1 fully saturated rings. The second kappa shape index (κ2) is 5.28. The minimum atomic E-state index is 0.763. The molecule has 0 spiro atoms. The van der Waals surface area contributed by atoms with Gasteiger partial charge in [0.25, 0.3) is 0 Å². The number of morpholine rings is 1. The number of hydrogen-bond donors (Lipinski definition) is 2. The van der Waals surface area contributed by atoms with E-state index in [4.69, 9.17) is 4.74 Å². The van der Waals surface area contributed by atoms with Gasteiger partial charge in [-0.3, -0.25) is 10.00 Å². The Balaban J connectivity index is 1.57. The monoisotopic (exact) mass is 248 g/mol. The molecule has 7 heteroatoms. The lowest BCUT2D eigenvalue weighted by atomic mass is 10.3. The lowest BCUT2D eigenvalue weighted by molar-refractivity contribution is 0.0398. The number of anilines is 1. The van der Waals surface area contributed by atoms with Crippen LogP contribution in [0.4, 0.5) is 5.82 Å². The standard InChI is InChI=1S/C11H16N6O/c1(2-17-3-5-18-6-4-17)12-10-9-7-15-16-11(9)14-8-13-10/h7-8H,1-6H2,(H2,12,13,14,15,16). The Kier molecular flexibility index (Phi) is 3.33. The molecule has 0 atom stereocenters. The van der Waals surface area contributed by atoms with Crippen molar-refractivity contribution in [3.8, 4) is 0 Å². The van der Waals surface area contributed by atoms with Crippen molar-refractivity contribution in [3.63, 3.8) is 0 Å². The van der Waals surface area contributed by atoms with Crippen LogP contribution in [0.25, 0.3) is 11.0 Å². The Labute approximate surface area is 105 Å². The summed E-state index contributed by atoms with van der Waals surface area (Å²) in [5.74, 6) is 0.835. The van der Waals surface area contributed by atoms with Crippen LogP contribution >= 0.6 is 0 Å². The Hall–Kier alpha value is -1.73. The largest absolute Gasteiger partial charge is 0.379 e. The van der Waals surface area contributed by atoms with E-state index in [1.54, 1.807) is 6.20 Å². The summed E-state index contributed by atoms with van der Waals surface area (Å²) in [6.45, 7) is 5.53. The van der Waals surface area contributed by atoms with Crippen molar-refractivity contribution >= 4 is 16.9 Å². The summed E-state index contributed by atoms with van der Waals surface area (Å²) < 4.78 is 5.32. The minimum absolute atomic E-state index is 0.763. The molecule has 1 saturated heterocycles. The van der Waals surface area contributed by atoms with E-state index < -0.39 is 0 Å². The molecule has 0 amide bonds. The highest BCUT2D eigenvalue weighted by Crippen LogP contribution is 2.15. The van der Waals surface area contributed by atoms with E-state index in [1.807, 2.05) is 0 Å². The molecule has 7 nitrogen and oxygen atoms in total. The van der Waals surface area contributed by atoms with Crippen LogP contribution in [0.15, 0.2) is 12.5 Å². The van der Waals surface area contributed by atoms with Crippen LogP contribution < -0.4 is 5.32 Å². The van der Waals surface area contributed by atoms with E-state index in [9.17, 15) is 0 Å². The molecule has 2 aromatic rings. The first-order valence-electron chi connectivity index (χ1n) is 6.11. The molecule has 0 unspecified atom stereocenters. The molecule has 1 aliphatic heterocycles. The minimum Gasteiger partial charge on any atom is -0.379 e. The Morgan fingerprint density at radius 3 is 3.11 bits per heavy atom. The third kappa shape index (κ3) is 2.41. The zero-order valence-corrected chi connectivity index (χ0v) is 10.1. The van der Waals surface area contributed by atoms with E-state index in [-0.39, 0.29) is 0 Å². The SMILES string of the molecule is c1nc(NCCN2CCOCC2)c2cn[nH]c2n1. The molecule has 0 saturated carbocycles. The fraction of sp³-hybridized carbons (Fsp3) is 0.545. The first-order chi connectivity index (χ1) is 8.93. The molecule has 0 bridgehead atoms. The van der Waals surface area contributed by atoms with Gasteiger partial charge in [0.1, 0.15) is 12.1 Å². The van der Waals surface area contributed by atoms with Crippen LogP contribution in [0.2, 0.25) is 0 Å². The van der Waals surface area contributed by atoms with Crippen LogP contribution in [0.3, 0.4) is 0 Å². The number of rotatable bonds is 4. The van der Waals surface area contributed by atoms with Gasteiger partial charge in [-0.15, -0.1) is 0 Å². The maximum Gasteiger partial charge on any atom is 0.160 e. The van der Waals surface area contributed by atoms with Crippen LogP contribution in [0.1, 0.15) is 0 Å². The molecule has 2 aromatic heterocycles. The van der Waals surface area contributed by atoms with Crippen LogP contribution in [-0.2, 0) is 4.74 Å². The third-order valence-corrected chi connectivity index (χ3v) is 3.07.